The second-order valence-corrected chi connectivity index (χ2v) is 7.65. The highest BCUT2D eigenvalue weighted by atomic mass is 79.9. The Hall–Kier alpha value is -1.16. The van der Waals surface area contributed by atoms with Crippen LogP contribution in [0.1, 0.15) is 11.6 Å². The first-order valence-electron chi connectivity index (χ1n) is 5.80. The van der Waals surface area contributed by atoms with Crippen molar-refractivity contribution in [1.29, 1.82) is 0 Å². The summed E-state index contributed by atoms with van der Waals surface area (Å²) in [6, 6.07) is 2.82. The van der Waals surface area contributed by atoms with Crippen LogP contribution in [0.15, 0.2) is 21.5 Å². The highest BCUT2D eigenvalue weighted by molar-refractivity contribution is 9.10. The van der Waals surface area contributed by atoms with E-state index < -0.39 is 10.0 Å². The number of aromatic nitrogens is 3. The van der Waals surface area contributed by atoms with E-state index in [2.05, 4.69) is 31.1 Å². The molecule has 0 aliphatic carbocycles. The minimum atomic E-state index is -3.78. The van der Waals surface area contributed by atoms with Crippen molar-refractivity contribution in [2.24, 2.45) is 0 Å². The van der Waals surface area contributed by atoms with Crippen LogP contribution >= 0.6 is 27.5 Å². The van der Waals surface area contributed by atoms with Crippen molar-refractivity contribution in [3.8, 4) is 0 Å². The summed E-state index contributed by atoms with van der Waals surface area (Å²) in [4.78, 5) is 4.08. The molecule has 1 aromatic heterocycles. The van der Waals surface area contributed by atoms with Crippen LogP contribution in [0.2, 0.25) is 5.02 Å². The van der Waals surface area contributed by atoms with Crippen LogP contribution in [0.25, 0.3) is 0 Å². The van der Waals surface area contributed by atoms with E-state index >= 15 is 0 Å². The Bertz CT molecular complexity index is 777. The molecule has 1 aromatic carbocycles. The number of rotatable bonds is 4. The normalized spacial score (nSPS) is 12.0. The van der Waals surface area contributed by atoms with Crippen molar-refractivity contribution in [2.45, 2.75) is 18.4 Å². The Kier molecular flexibility index (Phi) is 4.57. The number of nitrogens with one attached hydrogen (secondary N) is 1. The Morgan fingerprint density at radius 2 is 2.14 bits per heavy atom. The van der Waals surface area contributed by atoms with E-state index in [-0.39, 0.29) is 26.6 Å². The fourth-order valence-corrected chi connectivity index (χ4v) is 4.06. The van der Waals surface area contributed by atoms with Gasteiger partial charge in [-0.3, -0.25) is 5.10 Å². The van der Waals surface area contributed by atoms with Crippen molar-refractivity contribution in [3.05, 3.63) is 33.3 Å². The predicted octanol–water partition coefficient (Wildman–Crippen LogP) is 1.93. The average molecular weight is 395 g/mol. The van der Waals surface area contributed by atoms with Crippen LogP contribution in [-0.2, 0) is 16.6 Å². The van der Waals surface area contributed by atoms with Crippen LogP contribution in [0, 0.1) is 6.92 Å². The highest BCUT2D eigenvalue weighted by Gasteiger charge is 2.26. The molecule has 0 aliphatic heterocycles. The molecule has 2 rings (SSSR count). The van der Waals surface area contributed by atoms with Gasteiger partial charge in [0, 0.05) is 17.8 Å². The van der Waals surface area contributed by atoms with Crippen LogP contribution in [0.5, 0.6) is 0 Å². The number of nitrogens with two attached hydrogens (primary N) is 1. The topological polar surface area (TPSA) is 105 Å². The van der Waals surface area contributed by atoms with E-state index in [0.29, 0.717) is 11.6 Å². The van der Waals surface area contributed by atoms with Crippen molar-refractivity contribution in [1.82, 2.24) is 19.5 Å². The number of aromatic amines is 1. The molecule has 114 valence electrons. The third-order valence-corrected chi connectivity index (χ3v) is 5.92. The Labute approximate surface area is 135 Å². The summed E-state index contributed by atoms with van der Waals surface area (Å²) in [7, 11) is -2.34. The lowest BCUT2D eigenvalue weighted by Crippen LogP contribution is -2.27. The lowest BCUT2D eigenvalue weighted by atomic mass is 10.3. The van der Waals surface area contributed by atoms with Gasteiger partial charge < -0.3 is 5.73 Å². The molecule has 1 heterocycles. The second kappa shape index (κ2) is 5.91. The number of aryl methyl sites for hydroxylation is 1. The van der Waals surface area contributed by atoms with Gasteiger partial charge >= 0.3 is 0 Å². The van der Waals surface area contributed by atoms with Gasteiger partial charge in [-0.25, -0.2) is 13.4 Å². The molecule has 0 bridgehead atoms. The van der Waals surface area contributed by atoms with Crippen LogP contribution in [0.3, 0.4) is 0 Å². The molecule has 0 saturated carbocycles. The molecule has 0 atom stereocenters. The molecule has 7 nitrogen and oxygen atoms in total. The molecule has 0 spiro atoms. The smallest absolute Gasteiger partial charge is 0.244 e. The van der Waals surface area contributed by atoms with Gasteiger partial charge in [0.25, 0.3) is 0 Å². The molecule has 0 amide bonds. The SMILES string of the molecule is Cc1nc(CN(C)S(=O)(=O)c2cc(Cl)cc(N)c2Br)n[nH]1. The number of nitrogens with zero attached hydrogens (tertiary/aromatic N) is 3. The van der Waals surface area contributed by atoms with E-state index in [1.165, 1.54) is 19.2 Å². The average Bonchev–Trinajstić information content (AvgIpc) is 2.79. The number of nitrogen functional groups attached to an aromatic ring is 1. The predicted molar refractivity (Wildman–Crippen MR) is 83.3 cm³/mol. The fraction of sp³-hybridized carbons (Fsp3) is 0.273. The summed E-state index contributed by atoms with van der Waals surface area (Å²) in [5.41, 5.74) is 5.98. The molecule has 0 fully saturated rings. The van der Waals surface area contributed by atoms with Gasteiger partial charge in [-0.15, -0.1) is 0 Å². The molecule has 0 aliphatic rings. The lowest BCUT2D eigenvalue weighted by Gasteiger charge is -2.17. The summed E-state index contributed by atoms with van der Waals surface area (Å²) in [5.74, 6) is 0.994. The van der Waals surface area contributed by atoms with Gasteiger partial charge in [0.15, 0.2) is 5.82 Å². The van der Waals surface area contributed by atoms with Gasteiger partial charge in [0.2, 0.25) is 10.0 Å². The zero-order valence-electron chi connectivity index (χ0n) is 11.3. The number of hydrogen-bond donors (Lipinski definition) is 2. The molecule has 21 heavy (non-hydrogen) atoms. The highest BCUT2D eigenvalue weighted by Crippen LogP contribution is 2.33. The zero-order chi connectivity index (χ0) is 15.8. The van der Waals surface area contributed by atoms with E-state index in [0.717, 1.165) is 4.31 Å². The van der Waals surface area contributed by atoms with Gasteiger partial charge in [0.05, 0.1) is 15.9 Å². The van der Waals surface area contributed by atoms with E-state index in [9.17, 15) is 8.42 Å². The Morgan fingerprint density at radius 1 is 1.48 bits per heavy atom. The third kappa shape index (κ3) is 3.37. The molecule has 0 unspecified atom stereocenters. The monoisotopic (exact) mass is 393 g/mol. The summed E-state index contributed by atoms with van der Waals surface area (Å²) >= 11 is 9.06. The first-order valence-corrected chi connectivity index (χ1v) is 8.41. The maximum atomic E-state index is 12.6. The first-order chi connectivity index (χ1) is 9.71. The quantitative estimate of drug-likeness (QED) is 0.771. The maximum Gasteiger partial charge on any atom is 0.244 e. The Balaban J connectivity index is 2.37. The standard InChI is InChI=1S/C11H13BrClN5O2S/c1-6-15-10(17-16-6)5-18(2)21(19,20)9-4-7(13)3-8(14)11(9)12/h3-4H,5,14H2,1-2H3,(H,15,16,17). The number of benzene rings is 1. The zero-order valence-corrected chi connectivity index (χ0v) is 14.4. The van der Waals surface area contributed by atoms with Crippen molar-refractivity contribution in [3.63, 3.8) is 0 Å². The van der Waals surface area contributed by atoms with Gasteiger partial charge in [0.1, 0.15) is 5.82 Å². The maximum absolute atomic E-state index is 12.6. The van der Waals surface area contributed by atoms with E-state index in [1.807, 2.05) is 0 Å². The molecule has 3 N–H and O–H groups in total. The Morgan fingerprint density at radius 3 is 2.71 bits per heavy atom. The molecule has 2 aromatic rings. The van der Waals surface area contributed by atoms with Gasteiger partial charge in [-0.2, -0.15) is 9.40 Å². The van der Waals surface area contributed by atoms with Crippen LogP contribution in [0.4, 0.5) is 5.69 Å². The number of H-pyrrole nitrogens is 1. The minimum Gasteiger partial charge on any atom is -0.398 e. The van der Waals surface area contributed by atoms with Crippen molar-refractivity contribution in [2.75, 3.05) is 12.8 Å². The molecule has 0 radical (unpaired) electrons. The lowest BCUT2D eigenvalue weighted by molar-refractivity contribution is 0.457. The molecular weight excluding hydrogens is 382 g/mol. The summed E-state index contributed by atoms with van der Waals surface area (Å²) < 4.78 is 26.6. The molecular formula is C11H13BrClN5O2S. The van der Waals surface area contributed by atoms with E-state index in [1.54, 1.807) is 6.92 Å². The number of halogens is 2. The van der Waals surface area contributed by atoms with Crippen molar-refractivity contribution >= 4 is 43.2 Å². The fourth-order valence-electron chi connectivity index (χ4n) is 1.68. The minimum absolute atomic E-state index is 0.00209. The van der Waals surface area contributed by atoms with Crippen molar-refractivity contribution < 1.29 is 8.42 Å². The molecule has 10 heteroatoms. The third-order valence-electron chi connectivity index (χ3n) is 2.73. The van der Waals surface area contributed by atoms with Crippen LogP contribution < -0.4 is 5.73 Å². The summed E-state index contributed by atoms with van der Waals surface area (Å²) in [6.07, 6.45) is 0. The van der Waals surface area contributed by atoms with Gasteiger partial charge in [-0.1, -0.05) is 11.6 Å². The summed E-state index contributed by atoms with van der Waals surface area (Å²) in [5, 5.41) is 6.82. The van der Waals surface area contributed by atoms with Gasteiger partial charge in [-0.05, 0) is 35.0 Å². The largest absolute Gasteiger partial charge is 0.398 e. The summed E-state index contributed by atoms with van der Waals surface area (Å²) in [6.45, 7) is 1.77. The number of hydrogen-bond acceptors (Lipinski definition) is 5. The van der Waals surface area contributed by atoms with Crippen LogP contribution in [-0.4, -0.2) is 35.0 Å². The molecule has 0 saturated heterocycles. The number of sulfonamides is 1. The number of anilines is 1. The first kappa shape index (κ1) is 16.2. The second-order valence-electron chi connectivity index (χ2n) is 4.41. The van der Waals surface area contributed by atoms with E-state index in [4.69, 9.17) is 17.3 Å².